The normalized spacial score (nSPS) is 11.2. The van der Waals surface area contributed by atoms with E-state index in [0.29, 0.717) is 5.69 Å². The molecule has 3 rings (SSSR count). The van der Waals surface area contributed by atoms with Crippen LogP contribution in [0.5, 0.6) is 5.75 Å². The van der Waals surface area contributed by atoms with Gasteiger partial charge in [-0.1, -0.05) is 48.0 Å². The van der Waals surface area contributed by atoms with Crippen molar-refractivity contribution in [3.63, 3.8) is 0 Å². The molecule has 0 fully saturated rings. The lowest BCUT2D eigenvalue weighted by Crippen LogP contribution is -2.22. The zero-order valence-corrected chi connectivity index (χ0v) is 16.9. The van der Waals surface area contributed by atoms with E-state index in [-0.39, 0.29) is 33.8 Å². The number of carbonyl (C=O) groups is 1. The highest BCUT2D eigenvalue weighted by Gasteiger charge is 2.21. The summed E-state index contributed by atoms with van der Waals surface area (Å²) in [6, 6.07) is 16.4. The molecule has 1 amide bonds. The van der Waals surface area contributed by atoms with Crippen molar-refractivity contribution in [3.05, 3.63) is 59.6 Å². The highest BCUT2D eigenvalue weighted by Crippen LogP contribution is 2.36. The number of hydrogen-bond donors (Lipinski definition) is 2. The highest BCUT2D eigenvalue weighted by atomic mass is 35.5. The number of hydrogen-bond acceptors (Lipinski definition) is 5. The van der Waals surface area contributed by atoms with E-state index >= 15 is 0 Å². The number of rotatable bonds is 6. The van der Waals surface area contributed by atoms with Gasteiger partial charge in [0.2, 0.25) is 5.91 Å². The van der Waals surface area contributed by atoms with Crippen molar-refractivity contribution < 1.29 is 17.9 Å². The summed E-state index contributed by atoms with van der Waals surface area (Å²) in [5.41, 5.74) is 0.919. The van der Waals surface area contributed by atoms with Gasteiger partial charge in [0.1, 0.15) is 15.7 Å². The molecule has 0 aliphatic carbocycles. The number of anilines is 2. The van der Waals surface area contributed by atoms with Crippen LogP contribution in [0.2, 0.25) is 5.02 Å². The summed E-state index contributed by atoms with van der Waals surface area (Å²) in [4.78, 5) is 12.3. The second kappa shape index (κ2) is 8.08. The fourth-order valence-corrected chi connectivity index (χ4v) is 4.53. The van der Waals surface area contributed by atoms with Gasteiger partial charge in [-0.2, -0.15) is 0 Å². The Hall–Kier alpha value is -2.77. The second-order valence-electron chi connectivity index (χ2n) is 6.16. The van der Waals surface area contributed by atoms with Crippen LogP contribution >= 0.6 is 11.6 Å². The number of nitrogens with one attached hydrogen (secondary N) is 2. The van der Waals surface area contributed by atoms with E-state index in [1.54, 1.807) is 6.07 Å². The lowest BCUT2D eigenvalue weighted by atomic mass is 10.1. The number of methoxy groups -OCH3 is 1. The van der Waals surface area contributed by atoms with E-state index in [0.717, 1.165) is 17.0 Å². The molecule has 0 atom stereocenters. The van der Waals surface area contributed by atoms with Gasteiger partial charge in [0.15, 0.2) is 9.84 Å². The predicted octanol–water partition coefficient (Wildman–Crippen LogP) is 3.96. The van der Waals surface area contributed by atoms with E-state index in [1.807, 2.05) is 42.5 Å². The second-order valence-corrected chi connectivity index (χ2v) is 8.49. The van der Waals surface area contributed by atoms with Gasteiger partial charge in [0, 0.05) is 17.3 Å². The first-order chi connectivity index (χ1) is 13.3. The molecule has 0 aliphatic rings. The molecule has 8 heteroatoms. The smallest absolute Gasteiger partial charge is 0.243 e. The van der Waals surface area contributed by atoms with Crippen molar-refractivity contribution in [1.29, 1.82) is 0 Å². The minimum absolute atomic E-state index is 0.0236. The van der Waals surface area contributed by atoms with Gasteiger partial charge in [0.25, 0.3) is 0 Å². The Morgan fingerprint density at radius 2 is 1.75 bits per heavy atom. The summed E-state index contributed by atoms with van der Waals surface area (Å²) in [7, 11) is -2.24. The summed E-state index contributed by atoms with van der Waals surface area (Å²) in [6.45, 7) is -0.131. The van der Waals surface area contributed by atoms with Crippen molar-refractivity contribution in [2.75, 3.05) is 30.5 Å². The van der Waals surface area contributed by atoms with Crippen LogP contribution < -0.4 is 15.4 Å². The van der Waals surface area contributed by atoms with Crippen molar-refractivity contribution in [2.24, 2.45) is 0 Å². The van der Waals surface area contributed by atoms with Crippen molar-refractivity contribution in [2.45, 2.75) is 4.90 Å². The Labute approximate surface area is 168 Å². The first kappa shape index (κ1) is 20.0. The first-order valence-corrected chi connectivity index (χ1v) is 10.7. The molecule has 6 nitrogen and oxygen atoms in total. The van der Waals surface area contributed by atoms with E-state index in [4.69, 9.17) is 16.3 Å². The van der Waals surface area contributed by atoms with E-state index in [2.05, 4.69) is 10.6 Å². The highest BCUT2D eigenvalue weighted by molar-refractivity contribution is 7.91. The molecule has 3 aromatic rings. The molecule has 0 bridgehead atoms. The van der Waals surface area contributed by atoms with Crippen LogP contribution in [0.3, 0.4) is 0 Å². The van der Waals surface area contributed by atoms with Gasteiger partial charge in [0.05, 0.1) is 19.3 Å². The number of benzene rings is 3. The van der Waals surface area contributed by atoms with Gasteiger partial charge in [-0.25, -0.2) is 8.42 Å². The number of halogens is 1. The van der Waals surface area contributed by atoms with E-state index < -0.39 is 9.84 Å². The largest absolute Gasteiger partial charge is 0.495 e. The molecule has 28 heavy (non-hydrogen) atoms. The van der Waals surface area contributed by atoms with Gasteiger partial charge >= 0.3 is 0 Å². The standard InChI is InChI=1S/C20H19ClN2O4S/c1-27-17-11-10-16(20(19(17)21)28(2,25)26)22-12-18(24)23-15-9-5-7-13-6-3-4-8-14(13)15/h3-11,22H,12H2,1-2H3,(H,23,24). The molecule has 2 N–H and O–H groups in total. The van der Waals surface area contributed by atoms with E-state index in [9.17, 15) is 13.2 Å². The van der Waals surface area contributed by atoms with Crippen LogP contribution in [-0.4, -0.2) is 34.2 Å². The van der Waals surface area contributed by atoms with E-state index in [1.165, 1.54) is 13.2 Å². The van der Waals surface area contributed by atoms with Gasteiger partial charge in [-0.05, 0) is 23.6 Å². The van der Waals surface area contributed by atoms with Gasteiger partial charge in [-0.3, -0.25) is 4.79 Å². The topological polar surface area (TPSA) is 84.5 Å². The fraction of sp³-hybridized carbons (Fsp3) is 0.150. The van der Waals surface area contributed by atoms with Crippen LogP contribution in [0.25, 0.3) is 10.8 Å². The molecule has 0 saturated heterocycles. The third kappa shape index (κ3) is 4.21. The molecular weight excluding hydrogens is 400 g/mol. The van der Waals surface area contributed by atoms with Crippen LogP contribution in [0.4, 0.5) is 11.4 Å². The summed E-state index contributed by atoms with van der Waals surface area (Å²) in [6.07, 6.45) is 1.05. The average Bonchev–Trinajstić information content (AvgIpc) is 2.65. The molecule has 0 spiro atoms. The van der Waals surface area contributed by atoms with Crippen LogP contribution in [0, 0.1) is 0 Å². The Morgan fingerprint density at radius 1 is 1.04 bits per heavy atom. The van der Waals surface area contributed by atoms with Gasteiger partial charge < -0.3 is 15.4 Å². The quantitative estimate of drug-likeness (QED) is 0.633. The Kier molecular flexibility index (Phi) is 5.76. The molecule has 146 valence electrons. The summed E-state index contributed by atoms with van der Waals surface area (Å²) in [5.74, 6) is -0.0735. The minimum Gasteiger partial charge on any atom is -0.495 e. The van der Waals surface area contributed by atoms with Crippen molar-refractivity contribution >= 4 is 49.5 Å². The molecule has 0 aromatic heterocycles. The van der Waals surface area contributed by atoms with Crippen LogP contribution in [0.1, 0.15) is 0 Å². The lowest BCUT2D eigenvalue weighted by molar-refractivity contribution is -0.114. The number of fused-ring (bicyclic) bond motifs is 1. The van der Waals surface area contributed by atoms with Crippen LogP contribution in [0.15, 0.2) is 59.5 Å². The third-order valence-electron chi connectivity index (χ3n) is 4.16. The Morgan fingerprint density at radius 3 is 2.46 bits per heavy atom. The number of carbonyl (C=O) groups excluding carboxylic acids is 1. The maximum absolute atomic E-state index is 12.4. The zero-order chi connectivity index (χ0) is 20.3. The Balaban J connectivity index is 1.81. The van der Waals surface area contributed by atoms with Crippen LogP contribution in [-0.2, 0) is 14.6 Å². The average molecular weight is 419 g/mol. The Bertz CT molecular complexity index is 1140. The van der Waals surface area contributed by atoms with Gasteiger partial charge in [-0.15, -0.1) is 0 Å². The minimum atomic E-state index is -3.64. The SMILES string of the molecule is COc1ccc(NCC(=O)Nc2cccc3ccccc23)c(S(C)(=O)=O)c1Cl. The maximum Gasteiger partial charge on any atom is 0.243 e. The zero-order valence-electron chi connectivity index (χ0n) is 15.3. The molecule has 3 aromatic carbocycles. The maximum atomic E-state index is 12.4. The summed E-state index contributed by atoms with van der Waals surface area (Å²) in [5, 5.41) is 7.60. The molecule has 0 saturated carbocycles. The molecule has 0 heterocycles. The monoisotopic (exact) mass is 418 g/mol. The number of sulfone groups is 1. The molecule has 0 unspecified atom stereocenters. The summed E-state index contributed by atoms with van der Waals surface area (Å²) < 4.78 is 29.4. The molecule has 0 aliphatic heterocycles. The van der Waals surface area contributed by atoms with Crippen molar-refractivity contribution in [1.82, 2.24) is 0 Å². The lowest BCUT2D eigenvalue weighted by Gasteiger charge is -2.15. The number of ether oxygens (including phenoxy) is 1. The number of amides is 1. The van der Waals surface area contributed by atoms with Crippen molar-refractivity contribution in [3.8, 4) is 5.75 Å². The third-order valence-corrected chi connectivity index (χ3v) is 5.81. The molecular formula is C20H19ClN2O4S. The summed E-state index contributed by atoms with van der Waals surface area (Å²) >= 11 is 6.16. The molecule has 0 radical (unpaired) electrons. The predicted molar refractivity (Wildman–Crippen MR) is 112 cm³/mol. The fourth-order valence-electron chi connectivity index (χ4n) is 2.90. The first-order valence-electron chi connectivity index (χ1n) is 8.39.